The lowest BCUT2D eigenvalue weighted by Crippen LogP contribution is -2.75. The van der Waals surface area contributed by atoms with Gasteiger partial charge in [0.15, 0.2) is 0 Å². The molecule has 0 radical (unpaired) electrons. The van der Waals surface area contributed by atoms with Crippen LogP contribution in [0.25, 0.3) is 0 Å². The van der Waals surface area contributed by atoms with Gasteiger partial charge in [-0.3, -0.25) is 4.79 Å². The van der Waals surface area contributed by atoms with Crippen LogP contribution in [0.2, 0.25) is 0 Å². The first-order valence-electron chi connectivity index (χ1n) is 17.0. The zero-order valence-electron chi connectivity index (χ0n) is 27.9. The van der Waals surface area contributed by atoms with Crippen molar-refractivity contribution in [2.45, 2.75) is 150 Å². The second kappa shape index (κ2) is 15.4. The molecule has 0 bridgehead atoms. The van der Waals surface area contributed by atoms with Gasteiger partial charge in [-0.25, -0.2) is 0 Å². The Bertz CT molecular complexity index is 1320. The van der Waals surface area contributed by atoms with Crippen LogP contribution in [0, 0.1) is 17.8 Å². The van der Waals surface area contributed by atoms with Crippen LogP contribution in [0.5, 0.6) is 0 Å². The molecule has 0 aromatic heterocycles. The topological polar surface area (TPSA) is 17.1 Å². The molecule has 2 aliphatic rings. The number of ketones is 1. The number of unbranched alkanes of at least 4 members (excludes halogenated alkanes) is 4. The molecule has 18 heteroatoms. The van der Waals surface area contributed by atoms with Crippen LogP contribution in [0.4, 0.5) is 74.6 Å². The number of rotatable bonds is 16. The summed E-state index contributed by atoms with van der Waals surface area (Å²) in [5, 5.41) is 0. The van der Waals surface area contributed by atoms with Gasteiger partial charge in [0.25, 0.3) is 0 Å². The van der Waals surface area contributed by atoms with Gasteiger partial charge in [0.1, 0.15) is 0 Å². The lowest BCUT2D eigenvalue weighted by molar-refractivity contribution is -0.459. The molecule has 2 aliphatic carbocycles. The van der Waals surface area contributed by atoms with Crippen molar-refractivity contribution in [3.05, 3.63) is 35.4 Å². The summed E-state index contributed by atoms with van der Waals surface area (Å²) in [7, 11) is 0. The molecule has 2 fully saturated rings. The average molecular weight is 787 g/mol. The van der Waals surface area contributed by atoms with E-state index in [9.17, 15) is 79.4 Å². The van der Waals surface area contributed by atoms with E-state index >= 15 is 0 Å². The van der Waals surface area contributed by atoms with Crippen LogP contribution in [-0.2, 0) is 0 Å². The third kappa shape index (κ3) is 7.77. The molecule has 0 unspecified atom stereocenters. The summed E-state index contributed by atoms with van der Waals surface area (Å²) in [4.78, 5) is 12.2. The Hall–Kier alpha value is -2.30. The molecule has 0 amide bonds. The van der Waals surface area contributed by atoms with Crippen LogP contribution in [0.3, 0.4) is 0 Å². The van der Waals surface area contributed by atoms with Crippen molar-refractivity contribution in [1.29, 1.82) is 0 Å². The zero-order valence-corrected chi connectivity index (χ0v) is 27.9. The molecule has 52 heavy (non-hydrogen) atoms. The number of Topliss-reactive ketones (excluding diaryl/α,β-unsaturated/α-hetero) is 1. The Morgan fingerprint density at radius 2 is 0.923 bits per heavy atom. The lowest BCUT2D eigenvalue weighted by atomic mass is 9.68. The molecule has 1 aromatic carbocycles. The SMILES string of the molecule is CCCCCCC[C@H]1CC[C@H]([C@H]2CC[C@H](c3ccc(C(=O)C(F)(F)C(F)(F)C(F)(F)C(F)(F)C(F)(F)C(F)(F)C(F)(F)C(F)(F)F)cc3)CC2)CC1. The summed E-state index contributed by atoms with van der Waals surface area (Å²) in [6.45, 7) is 2.16. The molecule has 1 nitrogen and oxygen atoms in total. The molecule has 3 rings (SSSR count). The third-order valence-corrected chi connectivity index (χ3v) is 10.7. The molecule has 0 N–H and O–H groups in total. The Balaban J connectivity index is 1.68. The highest BCUT2D eigenvalue weighted by atomic mass is 19.4. The number of hydrogen-bond acceptors (Lipinski definition) is 1. The highest BCUT2D eigenvalue weighted by molar-refractivity contribution is 6.02. The summed E-state index contributed by atoms with van der Waals surface area (Å²) in [5.74, 6) is -59.9. The fraction of sp³-hybridized carbons (Fsp3) is 0.794. The number of halogens is 17. The van der Waals surface area contributed by atoms with E-state index < -0.39 is 59.0 Å². The molecule has 2 saturated carbocycles. The van der Waals surface area contributed by atoms with E-state index in [1.54, 1.807) is 0 Å². The molecule has 0 heterocycles. The Morgan fingerprint density at radius 1 is 0.519 bits per heavy atom. The Kier molecular flexibility index (Phi) is 13.1. The maximum atomic E-state index is 14.5. The molecular formula is C34H39F17O. The molecule has 0 saturated heterocycles. The number of carbonyl (C=O) groups is 1. The molecule has 0 atom stereocenters. The minimum absolute atomic E-state index is 0.205. The third-order valence-electron chi connectivity index (χ3n) is 10.7. The number of benzene rings is 1. The second-order valence-electron chi connectivity index (χ2n) is 14.1. The van der Waals surface area contributed by atoms with Crippen molar-refractivity contribution in [2.24, 2.45) is 17.8 Å². The van der Waals surface area contributed by atoms with Gasteiger partial charge in [-0.15, -0.1) is 0 Å². The maximum absolute atomic E-state index is 14.5. The van der Waals surface area contributed by atoms with Crippen LogP contribution < -0.4 is 0 Å². The van der Waals surface area contributed by atoms with Gasteiger partial charge in [0.2, 0.25) is 5.78 Å². The van der Waals surface area contributed by atoms with E-state index in [4.69, 9.17) is 0 Å². The minimum atomic E-state index is -8.74. The van der Waals surface area contributed by atoms with Crippen molar-refractivity contribution in [3.8, 4) is 0 Å². The van der Waals surface area contributed by atoms with Crippen molar-refractivity contribution >= 4 is 5.78 Å². The van der Waals surface area contributed by atoms with Crippen LogP contribution >= 0.6 is 0 Å². The first kappa shape index (κ1) is 44.1. The van der Waals surface area contributed by atoms with Gasteiger partial charge in [0.05, 0.1) is 0 Å². The summed E-state index contributed by atoms with van der Waals surface area (Å²) in [6.07, 6.45) is 6.74. The van der Waals surface area contributed by atoms with Gasteiger partial charge >= 0.3 is 47.6 Å². The average Bonchev–Trinajstić information content (AvgIpc) is 3.07. The fourth-order valence-electron chi connectivity index (χ4n) is 7.30. The molecular weight excluding hydrogens is 747 g/mol. The van der Waals surface area contributed by atoms with E-state index in [1.807, 2.05) is 0 Å². The normalized spacial score (nSPS) is 23.5. The fourth-order valence-corrected chi connectivity index (χ4v) is 7.30. The predicted octanol–water partition coefficient (Wildman–Crippen LogP) is 13.3. The predicted molar refractivity (Wildman–Crippen MR) is 155 cm³/mol. The number of alkyl halides is 17. The van der Waals surface area contributed by atoms with E-state index in [0.29, 0.717) is 48.3 Å². The lowest BCUT2D eigenvalue weighted by Gasteiger charge is -2.42. The maximum Gasteiger partial charge on any atom is 0.460 e. The first-order valence-corrected chi connectivity index (χ1v) is 17.0. The monoisotopic (exact) mass is 786 g/mol. The van der Waals surface area contributed by atoms with E-state index in [2.05, 4.69) is 6.92 Å². The molecule has 300 valence electrons. The minimum Gasteiger partial charge on any atom is -0.287 e. The van der Waals surface area contributed by atoms with Crippen molar-refractivity contribution < 1.29 is 79.4 Å². The number of carbonyl (C=O) groups excluding carboxylic acids is 1. The Labute approximate surface area is 289 Å². The van der Waals surface area contributed by atoms with Crippen LogP contribution in [0.1, 0.15) is 119 Å². The highest BCUT2D eigenvalue weighted by Gasteiger charge is 2.95. The Morgan fingerprint density at radius 3 is 1.37 bits per heavy atom. The summed E-state index contributed by atoms with van der Waals surface area (Å²) < 4.78 is 231. The molecule has 1 aromatic rings. The van der Waals surface area contributed by atoms with Gasteiger partial charge in [-0.1, -0.05) is 82.6 Å². The van der Waals surface area contributed by atoms with E-state index in [-0.39, 0.29) is 5.92 Å². The van der Waals surface area contributed by atoms with Crippen molar-refractivity contribution in [2.75, 3.05) is 0 Å². The van der Waals surface area contributed by atoms with Crippen LogP contribution in [-0.4, -0.2) is 53.4 Å². The number of hydrogen-bond donors (Lipinski definition) is 0. The standard InChI is InChI=1S/C34H39F17O/c1-2-3-4-5-6-7-20-8-10-21(11-9-20)22-12-14-23(15-13-22)24-16-18-25(19-17-24)26(52)27(35,36)28(37,38)29(39,40)30(41,42)31(43,44)32(45,46)33(47,48)34(49,50)51/h16-23H,2-15H2,1H3/t20-,21-,22-,23-. The van der Waals surface area contributed by atoms with E-state index in [1.165, 1.54) is 38.5 Å². The zero-order chi connectivity index (χ0) is 39.8. The van der Waals surface area contributed by atoms with Gasteiger partial charge in [-0.05, 0) is 67.8 Å². The van der Waals surface area contributed by atoms with Crippen molar-refractivity contribution in [1.82, 2.24) is 0 Å². The van der Waals surface area contributed by atoms with Crippen LogP contribution in [0.15, 0.2) is 24.3 Å². The largest absolute Gasteiger partial charge is 0.460 e. The highest BCUT2D eigenvalue weighted by Crippen LogP contribution is 2.64. The second-order valence-corrected chi connectivity index (χ2v) is 14.1. The van der Waals surface area contributed by atoms with Gasteiger partial charge in [-0.2, -0.15) is 74.6 Å². The summed E-state index contributed by atoms with van der Waals surface area (Å²) in [6, 6.07) is 2.83. The first-order chi connectivity index (χ1) is 23.6. The van der Waals surface area contributed by atoms with Crippen molar-refractivity contribution in [3.63, 3.8) is 0 Å². The quantitative estimate of drug-likeness (QED) is 0.0927. The molecule has 0 aliphatic heterocycles. The summed E-state index contributed by atoms with van der Waals surface area (Å²) in [5.41, 5.74) is -1.13. The smallest absolute Gasteiger partial charge is 0.287 e. The summed E-state index contributed by atoms with van der Waals surface area (Å²) >= 11 is 0. The molecule has 0 spiro atoms. The van der Waals surface area contributed by atoms with Gasteiger partial charge < -0.3 is 0 Å². The van der Waals surface area contributed by atoms with E-state index in [0.717, 1.165) is 50.7 Å². The van der Waals surface area contributed by atoms with Gasteiger partial charge in [0, 0.05) is 5.56 Å².